The molecule has 0 unspecified atom stereocenters. The number of thiophene rings is 1. The van der Waals surface area contributed by atoms with Crippen LogP contribution in [0.1, 0.15) is 20.2 Å². The van der Waals surface area contributed by atoms with Gasteiger partial charge in [0.1, 0.15) is 0 Å². The third-order valence-electron chi connectivity index (χ3n) is 2.40. The van der Waals surface area contributed by atoms with Gasteiger partial charge < -0.3 is 15.6 Å². The van der Waals surface area contributed by atoms with Crippen LogP contribution in [-0.4, -0.2) is 28.3 Å². The predicted molar refractivity (Wildman–Crippen MR) is 71.8 cm³/mol. The highest BCUT2D eigenvalue weighted by Crippen LogP contribution is 2.14. The predicted octanol–water partition coefficient (Wildman–Crippen LogP) is 0.826. The van der Waals surface area contributed by atoms with Gasteiger partial charge in [-0.3, -0.25) is 9.59 Å². The Hall–Kier alpha value is -2.15. The van der Waals surface area contributed by atoms with E-state index in [-0.39, 0.29) is 18.4 Å². The van der Waals surface area contributed by atoms with Gasteiger partial charge in [0, 0.05) is 11.1 Å². The smallest absolute Gasteiger partial charge is 0.261 e. The first-order valence-electron chi connectivity index (χ1n) is 5.74. The maximum atomic E-state index is 11.7. The minimum absolute atomic E-state index is 0.0378. The van der Waals surface area contributed by atoms with E-state index in [2.05, 4.69) is 20.6 Å². The molecule has 7 heteroatoms. The molecular weight excluding hydrogens is 264 g/mol. The van der Waals surface area contributed by atoms with Gasteiger partial charge in [-0.2, -0.15) is 0 Å². The van der Waals surface area contributed by atoms with E-state index in [0.29, 0.717) is 11.4 Å². The summed E-state index contributed by atoms with van der Waals surface area (Å²) >= 11 is 1.40. The number of carbonyl (C=O) groups is 2. The molecule has 0 fully saturated rings. The summed E-state index contributed by atoms with van der Waals surface area (Å²) in [6, 6.07) is 3.62. The number of imidazole rings is 1. The second kappa shape index (κ2) is 6.14. The van der Waals surface area contributed by atoms with Gasteiger partial charge >= 0.3 is 0 Å². The molecule has 0 atom stereocenters. The van der Waals surface area contributed by atoms with Crippen LogP contribution in [0.25, 0.3) is 0 Å². The lowest BCUT2D eigenvalue weighted by Crippen LogP contribution is -2.36. The molecule has 100 valence electrons. The highest BCUT2D eigenvalue weighted by molar-refractivity contribution is 7.13. The Balaban J connectivity index is 1.73. The summed E-state index contributed by atoms with van der Waals surface area (Å²) < 4.78 is 0. The number of hydrogen-bond acceptors (Lipinski definition) is 4. The fraction of sp³-hybridized carbons (Fsp3) is 0.250. The van der Waals surface area contributed by atoms with Crippen molar-refractivity contribution in [2.24, 2.45) is 0 Å². The Morgan fingerprint density at radius 3 is 2.84 bits per heavy atom. The van der Waals surface area contributed by atoms with Crippen molar-refractivity contribution in [3.05, 3.63) is 40.1 Å². The topological polar surface area (TPSA) is 86.9 Å². The molecule has 6 nitrogen and oxygen atoms in total. The summed E-state index contributed by atoms with van der Waals surface area (Å²) in [6.07, 6.45) is 3.18. The second-order valence-electron chi connectivity index (χ2n) is 3.95. The maximum absolute atomic E-state index is 11.7. The van der Waals surface area contributed by atoms with Crippen LogP contribution in [-0.2, 0) is 11.3 Å². The Kier molecular flexibility index (Phi) is 4.30. The molecule has 0 aliphatic carbocycles. The van der Waals surface area contributed by atoms with Crippen molar-refractivity contribution in [1.82, 2.24) is 20.6 Å². The number of aromatic nitrogens is 2. The van der Waals surface area contributed by atoms with Crippen LogP contribution in [0, 0.1) is 6.92 Å². The van der Waals surface area contributed by atoms with E-state index in [1.807, 2.05) is 13.0 Å². The fourth-order valence-corrected chi connectivity index (χ4v) is 2.23. The Morgan fingerprint density at radius 2 is 2.21 bits per heavy atom. The van der Waals surface area contributed by atoms with Crippen molar-refractivity contribution in [1.29, 1.82) is 0 Å². The van der Waals surface area contributed by atoms with Crippen molar-refractivity contribution in [2.45, 2.75) is 13.5 Å². The Morgan fingerprint density at radius 1 is 1.37 bits per heavy atom. The molecule has 2 aromatic rings. The van der Waals surface area contributed by atoms with Crippen LogP contribution < -0.4 is 10.6 Å². The molecule has 2 heterocycles. The van der Waals surface area contributed by atoms with Crippen LogP contribution in [0.5, 0.6) is 0 Å². The molecule has 0 aliphatic heterocycles. The molecule has 2 aromatic heterocycles. The van der Waals surface area contributed by atoms with Crippen LogP contribution in [0.15, 0.2) is 24.7 Å². The van der Waals surface area contributed by atoms with Crippen LogP contribution in [0.2, 0.25) is 0 Å². The van der Waals surface area contributed by atoms with Gasteiger partial charge in [-0.05, 0) is 19.1 Å². The third-order valence-corrected chi connectivity index (χ3v) is 3.40. The van der Waals surface area contributed by atoms with Gasteiger partial charge in [0.25, 0.3) is 5.91 Å². The number of nitrogens with one attached hydrogen (secondary N) is 3. The van der Waals surface area contributed by atoms with E-state index in [0.717, 1.165) is 10.6 Å². The summed E-state index contributed by atoms with van der Waals surface area (Å²) in [5, 5.41) is 5.25. The summed E-state index contributed by atoms with van der Waals surface area (Å²) in [7, 11) is 0. The third kappa shape index (κ3) is 3.92. The average Bonchev–Trinajstić information content (AvgIpc) is 3.04. The van der Waals surface area contributed by atoms with E-state index in [1.54, 1.807) is 18.6 Å². The van der Waals surface area contributed by atoms with Gasteiger partial charge in [-0.25, -0.2) is 4.98 Å². The summed E-state index contributed by atoms with van der Waals surface area (Å²) in [5.41, 5.74) is 0.813. The van der Waals surface area contributed by atoms with E-state index < -0.39 is 0 Å². The van der Waals surface area contributed by atoms with Gasteiger partial charge in [0.15, 0.2) is 0 Å². The number of aromatic amines is 1. The lowest BCUT2D eigenvalue weighted by molar-refractivity contribution is -0.120. The average molecular weight is 278 g/mol. The lowest BCUT2D eigenvalue weighted by Gasteiger charge is -2.04. The van der Waals surface area contributed by atoms with Crippen molar-refractivity contribution in [3.63, 3.8) is 0 Å². The molecule has 2 rings (SSSR count). The molecule has 0 aliphatic rings. The zero-order valence-electron chi connectivity index (χ0n) is 10.4. The van der Waals surface area contributed by atoms with E-state index in [1.165, 1.54) is 11.3 Å². The highest BCUT2D eigenvalue weighted by atomic mass is 32.1. The van der Waals surface area contributed by atoms with Gasteiger partial charge in [0.2, 0.25) is 5.91 Å². The molecular formula is C12H14N4O2S. The van der Waals surface area contributed by atoms with Crippen molar-refractivity contribution in [3.8, 4) is 0 Å². The van der Waals surface area contributed by atoms with E-state index in [4.69, 9.17) is 0 Å². The standard InChI is InChI=1S/C12H14N4O2S/c1-8-2-3-10(19-8)12(18)15-6-11(17)14-5-9-4-13-7-16-9/h2-4,7H,5-6H2,1H3,(H,13,16)(H,14,17)(H,15,18). The number of nitrogens with zero attached hydrogens (tertiary/aromatic N) is 1. The molecule has 0 aromatic carbocycles. The molecule has 0 spiro atoms. The molecule has 2 amide bonds. The SMILES string of the molecule is Cc1ccc(C(=O)NCC(=O)NCc2cnc[nH]2)s1. The van der Waals surface area contributed by atoms with Crippen molar-refractivity contribution in [2.75, 3.05) is 6.54 Å². The molecule has 0 radical (unpaired) electrons. The minimum Gasteiger partial charge on any atom is -0.349 e. The van der Waals surface area contributed by atoms with Crippen molar-refractivity contribution < 1.29 is 9.59 Å². The molecule has 0 bridgehead atoms. The largest absolute Gasteiger partial charge is 0.349 e. The van der Waals surface area contributed by atoms with Gasteiger partial charge in [-0.15, -0.1) is 11.3 Å². The van der Waals surface area contributed by atoms with Crippen molar-refractivity contribution >= 4 is 23.2 Å². The van der Waals surface area contributed by atoms with Gasteiger partial charge in [-0.1, -0.05) is 0 Å². The van der Waals surface area contributed by atoms with Gasteiger partial charge in [0.05, 0.1) is 30.0 Å². The highest BCUT2D eigenvalue weighted by Gasteiger charge is 2.09. The minimum atomic E-state index is -0.240. The van der Waals surface area contributed by atoms with E-state index >= 15 is 0 Å². The van der Waals surface area contributed by atoms with Crippen LogP contribution in [0.3, 0.4) is 0 Å². The summed E-state index contributed by atoms with van der Waals surface area (Å²) in [6.45, 7) is 2.26. The second-order valence-corrected chi connectivity index (χ2v) is 5.23. The number of hydrogen-bond donors (Lipinski definition) is 3. The number of amides is 2. The number of carbonyl (C=O) groups excluding carboxylic acids is 2. The lowest BCUT2D eigenvalue weighted by atomic mass is 10.4. The number of H-pyrrole nitrogens is 1. The zero-order valence-corrected chi connectivity index (χ0v) is 11.2. The van der Waals surface area contributed by atoms with Crippen LogP contribution >= 0.6 is 11.3 Å². The first kappa shape index (κ1) is 13.3. The normalized spacial score (nSPS) is 10.2. The molecule has 3 N–H and O–H groups in total. The number of aryl methyl sites for hydroxylation is 1. The van der Waals surface area contributed by atoms with E-state index in [9.17, 15) is 9.59 Å². The summed E-state index contributed by atoms with van der Waals surface area (Å²) in [4.78, 5) is 31.6. The molecule has 0 saturated heterocycles. The molecule has 19 heavy (non-hydrogen) atoms. The quantitative estimate of drug-likeness (QED) is 0.757. The zero-order chi connectivity index (χ0) is 13.7. The molecule has 0 saturated carbocycles. The number of rotatable bonds is 5. The Labute approximate surface area is 114 Å². The van der Waals surface area contributed by atoms with Crippen LogP contribution in [0.4, 0.5) is 0 Å². The summed E-state index contributed by atoms with van der Waals surface area (Å²) in [5.74, 6) is -0.467. The maximum Gasteiger partial charge on any atom is 0.261 e. The monoisotopic (exact) mass is 278 g/mol. The fourth-order valence-electron chi connectivity index (χ4n) is 1.44. The first-order valence-corrected chi connectivity index (χ1v) is 6.55. The first-order chi connectivity index (χ1) is 9.15. The Bertz CT molecular complexity index is 562.